The van der Waals surface area contributed by atoms with Gasteiger partial charge in [-0.2, -0.15) is 5.26 Å². The van der Waals surface area contributed by atoms with Crippen molar-refractivity contribution in [2.75, 3.05) is 0 Å². The van der Waals surface area contributed by atoms with Gasteiger partial charge in [0.1, 0.15) is 10.4 Å². The molecule has 1 aromatic rings. The fraction of sp³-hybridized carbons (Fsp3) is 0.636. The van der Waals surface area contributed by atoms with E-state index in [1.165, 1.54) is 4.88 Å². The zero-order valence-electron chi connectivity index (χ0n) is 9.22. The standard InChI is InChI=1S/C11H16N2S/c1-5-6-9-8(2)14-10(13-9)11(3,4)7-12/h5-6H2,1-4H3. The van der Waals surface area contributed by atoms with Crippen LogP contribution in [0.2, 0.25) is 0 Å². The molecule has 0 saturated carbocycles. The van der Waals surface area contributed by atoms with Gasteiger partial charge in [0.2, 0.25) is 0 Å². The molecule has 0 radical (unpaired) electrons. The Morgan fingerprint density at radius 2 is 2.14 bits per heavy atom. The van der Waals surface area contributed by atoms with E-state index in [9.17, 15) is 0 Å². The van der Waals surface area contributed by atoms with Crippen LogP contribution in [0, 0.1) is 18.3 Å². The quantitative estimate of drug-likeness (QED) is 0.764. The van der Waals surface area contributed by atoms with E-state index >= 15 is 0 Å². The van der Waals surface area contributed by atoms with Crippen molar-refractivity contribution in [1.29, 1.82) is 5.26 Å². The van der Waals surface area contributed by atoms with Crippen LogP contribution in [0.15, 0.2) is 0 Å². The second kappa shape index (κ2) is 4.10. The summed E-state index contributed by atoms with van der Waals surface area (Å²) in [6.45, 7) is 8.06. The van der Waals surface area contributed by atoms with Gasteiger partial charge in [-0.1, -0.05) is 13.3 Å². The zero-order valence-corrected chi connectivity index (χ0v) is 10.0. The van der Waals surface area contributed by atoms with Crippen LogP contribution in [0.1, 0.15) is 42.8 Å². The molecular formula is C11H16N2S. The Bertz CT molecular complexity index is 358. The molecule has 0 aliphatic carbocycles. The van der Waals surface area contributed by atoms with Crippen molar-refractivity contribution in [3.05, 3.63) is 15.6 Å². The topological polar surface area (TPSA) is 36.7 Å². The van der Waals surface area contributed by atoms with Crippen molar-refractivity contribution in [2.45, 2.75) is 46.0 Å². The van der Waals surface area contributed by atoms with E-state index in [0.29, 0.717) is 0 Å². The third-order valence-electron chi connectivity index (χ3n) is 2.19. The number of rotatable bonds is 3. The van der Waals surface area contributed by atoms with Crippen molar-refractivity contribution in [3.63, 3.8) is 0 Å². The molecule has 0 fully saturated rings. The molecule has 1 heterocycles. The molecule has 2 nitrogen and oxygen atoms in total. The van der Waals surface area contributed by atoms with Crippen molar-refractivity contribution in [3.8, 4) is 6.07 Å². The summed E-state index contributed by atoms with van der Waals surface area (Å²) in [6, 6.07) is 2.29. The first kappa shape index (κ1) is 11.2. The number of nitriles is 1. The van der Waals surface area contributed by atoms with Gasteiger partial charge in [0.05, 0.1) is 11.8 Å². The van der Waals surface area contributed by atoms with E-state index in [1.807, 2.05) is 13.8 Å². The molecule has 0 aliphatic heterocycles. The molecule has 0 aromatic carbocycles. The largest absolute Gasteiger partial charge is 0.244 e. The number of aryl methyl sites for hydroxylation is 2. The lowest BCUT2D eigenvalue weighted by Crippen LogP contribution is -2.13. The molecule has 0 spiro atoms. The number of aromatic nitrogens is 1. The molecule has 0 unspecified atom stereocenters. The lowest BCUT2D eigenvalue weighted by molar-refractivity contribution is 0.674. The number of thiazole rings is 1. The van der Waals surface area contributed by atoms with Gasteiger partial charge < -0.3 is 0 Å². The van der Waals surface area contributed by atoms with Crippen LogP contribution in [0.5, 0.6) is 0 Å². The maximum Gasteiger partial charge on any atom is 0.113 e. The Morgan fingerprint density at radius 3 is 2.64 bits per heavy atom. The minimum atomic E-state index is -0.443. The highest BCUT2D eigenvalue weighted by atomic mass is 32.1. The molecule has 1 aromatic heterocycles. The van der Waals surface area contributed by atoms with E-state index in [0.717, 1.165) is 23.5 Å². The van der Waals surface area contributed by atoms with E-state index in [1.54, 1.807) is 11.3 Å². The second-order valence-electron chi connectivity index (χ2n) is 4.01. The molecule has 3 heteroatoms. The number of nitrogens with zero attached hydrogens (tertiary/aromatic N) is 2. The summed E-state index contributed by atoms with van der Waals surface area (Å²) in [5.41, 5.74) is 0.720. The third kappa shape index (κ3) is 2.13. The summed E-state index contributed by atoms with van der Waals surface area (Å²) in [6.07, 6.45) is 2.13. The minimum absolute atomic E-state index is 0.443. The average Bonchev–Trinajstić information content (AvgIpc) is 2.49. The van der Waals surface area contributed by atoms with Crippen LogP contribution in [0.3, 0.4) is 0 Å². The van der Waals surface area contributed by atoms with Gasteiger partial charge in [0, 0.05) is 4.88 Å². The van der Waals surface area contributed by atoms with Crippen LogP contribution in [-0.2, 0) is 11.8 Å². The van der Waals surface area contributed by atoms with Crippen molar-refractivity contribution in [1.82, 2.24) is 4.98 Å². The molecule has 0 N–H and O–H groups in total. The highest BCUT2D eigenvalue weighted by Gasteiger charge is 2.24. The van der Waals surface area contributed by atoms with Gasteiger partial charge in [-0.15, -0.1) is 11.3 Å². The minimum Gasteiger partial charge on any atom is -0.244 e. The first-order valence-electron chi connectivity index (χ1n) is 4.89. The molecule has 0 aliphatic rings. The van der Waals surface area contributed by atoms with Gasteiger partial charge >= 0.3 is 0 Å². The third-order valence-corrected chi connectivity index (χ3v) is 3.53. The van der Waals surface area contributed by atoms with Gasteiger partial charge in [-0.3, -0.25) is 0 Å². The Labute approximate surface area is 89.6 Å². The highest BCUT2D eigenvalue weighted by Crippen LogP contribution is 2.29. The summed E-state index contributed by atoms with van der Waals surface area (Å²) >= 11 is 1.65. The maximum absolute atomic E-state index is 8.99. The number of hydrogen-bond acceptors (Lipinski definition) is 3. The monoisotopic (exact) mass is 208 g/mol. The molecule has 0 atom stereocenters. The van der Waals surface area contributed by atoms with Crippen LogP contribution in [0.25, 0.3) is 0 Å². The Hall–Kier alpha value is -0.880. The molecule has 76 valence electrons. The SMILES string of the molecule is CCCc1nc(C(C)(C)C#N)sc1C. The summed E-state index contributed by atoms with van der Waals surface area (Å²) in [5.74, 6) is 0. The van der Waals surface area contributed by atoms with Crippen LogP contribution < -0.4 is 0 Å². The van der Waals surface area contributed by atoms with Crippen molar-refractivity contribution < 1.29 is 0 Å². The van der Waals surface area contributed by atoms with Crippen molar-refractivity contribution >= 4 is 11.3 Å². The molecule has 1 rings (SSSR count). The van der Waals surface area contributed by atoms with Crippen LogP contribution in [-0.4, -0.2) is 4.98 Å². The first-order chi connectivity index (χ1) is 6.51. The Balaban J connectivity index is 3.03. The van der Waals surface area contributed by atoms with Crippen molar-refractivity contribution in [2.24, 2.45) is 0 Å². The normalized spacial score (nSPS) is 11.4. The Kier molecular flexibility index (Phi) is 3.28. The molecule has 0 bridgehead atoms. The predicted molar refractivity (Wildman–Crippen MR) is 59.5 cm³/mol. The highest BCUT2D eigenvalue weighted by molar-refractivity contribution is 7.11. The smallest absolute Gasteiger partial charge is 0.113 e. The van der Waals surface area contributed by atoms with Gasteiger partial charge in [0.15, 0.2) is 0 Å². The Morgan fingerprint density at radius 1 is 1.50 bits per heavy atom. The summed E-state index contributed by atoms with van der Waals surface area (Å²) in [4.78, 5) is 5.79. The van der Waals surface area contributed by atoms with Crippen LogP contribution >= 0.6 is 11.3 Å². The molecule has 0 amide bonds. The average molecular weight is 208 g/mol. The predicted octanol–water partition coefficient (Wildman–Crippen LogP) is 3.21. The summed E-state index contributed by atoms with van der Waals surface area (Å²) < 4.78 is 0. The van der Waals surface area contributed by atoms with E-state index in [4.69, 9.17) is 5.26 Å². The maximum atomic E-state index is 8.99. The summed E-state index contributed by atoms with van der Waals surface area (Å²) in [5, 5.41) is 9.94. The molecule has 0 saturated heterocycles. The van der Waals surface area contributed by atoms with E-state index in [-0.39, 0.29) is 0 Å². The van der Waals surface area contributed by atoms with Gasteiger partial charge in [-0.05, 0) is 27.2 Å². The number of hydrogen-bond donors (Lipinski definition) is 0. The summed E-state index contributed by atoms with van der Waals surface area (Å²) in [7, 11) is 0. The van der Waals surface area contributed by atoms with Gasteiger partial charge in [-0.25, -0.2) is 4.98 Å². The lowest BCUT2D eigenvalue weighted by atomic mass is 9.97. The van der Waals surface area contributed by atoms with E-state index < -0.39 is 5.41 Å². The zero-order chi connectivity index (χ0) is 10.8. The van der Waals surface area contributed by atoms with Crippen LogP contribution in [0.4, 0.5) is 0 Å². The molecular weight excluding hydrogens is 192 g/mol. The lowest BCUT2D eigenvalue weighted by Gasteiger charge is -2.09. The fourth-order valence-electron chi connectivity index (χ4n) is 1.21. The van der Waals surface area contributed by atoms with E-state index in [2.05, 4.69) is 24.9 Å². The molecule has 14 heavy (non-hydrogen) atoms. The first-order valence-corrected chi connectivity index (χ1v) is 5.71. The van der Waals surface area contributed by atoms with Gasteiger partial charge in [0.25, 0.3) is 0 Å². The second-order valence-corrected chi connectivity index (χ2v) is 5.21. The fourth-order valence-corrected chi connectivity index (χ4v) is 2.22.